The number of benzene rings is 1. The van der Waals surface area contributed by atoms with E-state index in [0.717, 1.165) is 0 Å². The molecular weight excluding hydrogens is 241 g/mol. The summed E-state index contributed by atoms with van der Waals surface area (Å²) in [6.07, 6.45) is 0.580. The molecule has 2 N–H and O–H groups in total. The van der Waals surface area contributed by atoms with Crippen LogP contribution >= 0.6 is 0 Å². The van der Waals surface area contributed by atoms with Crippen LogP contribution in [-0.4, -0.2) is 14.2 Å². The average Bonchev–Trinajstić information content (AvgIpc) is 2.21. The van der Waals surface area contributed by atoms with Crippen LogP contribution < -0.4 is 5.73 Å². The van der Waals surface area contributed by atoms with Gasteiger partial charge in [-0.25, -0.2) is 12.8 Å². The van der Waals surface area contributed by atoms with Crippen LogP contribution in [0.2, 0.25) is 0 Å². The summed E-state index contributed by atoms with van der Waals surface area (Å²) in [5.74, 6) is -0.503. The number of sulfone groups is 1. The molecule has 0 saturated carbocycles. The summed E-state index contributed by atoms with van der Waals surface area (Å²) in [5.41, 5.74) is 5.85. The number of nitrogens with two attached hydrogens (primary N) is 1. The topological polar surface area (TPSA) is 60.2 Å². The molecular formula is C12H18FNO2S. The Morgan fingerprint density at radius 3 is 2.53 bits per heavy atom. The lowest BCUT2D eigenvalue weighted by Gasteiger charge is -2.09. The molecule has 3 nitrogen and oxygen atoms in total. The van der Waals surface area contributed by atoms with Gasteiger partial charge in [-0.1, -0.05) is 19.9 Å². The molecule has 0 aliphatic carbocycles. The minimum Gasteiger partial charge on any atom is -0.398 e. The minimum absolute atomic E-state index is 0.0679. The van der Waals surface area contributed by atoms with Crippen molar-refractivity contribution in [2.24, 2.45) is 5.92 Å². The maximum atomic E-state index is 13.4. The van der Waals surface area contributed by atoms with Crippen molar-refractivity contribution >= 4 is 15.5 Å². The van der Waals surface area contributed by atoms with Crippen LogP contribution in [0.15, 0.2) is 18.2 Å². The second-order valence-corrected chi connectivity index (χ2v) is 6.77. The van der Waals surface area contributed by atoms with Gasteiger partial charge in [0.2, 0.25) is 0 Å². The lowest BCUT2D eigenvalue weighted by atomic mass is 10.2. The Labute approximate surface area is 102 Å². The van der Waals surface area contributed by atoms with E-state index in [2.05, 4.69) is 0 Å². The summed E-state index contributed by atoms with van der Waals surface area (Å²) < 4.78 is 37.0. The van der Waals surface area contributed by atoms with E-state index < -0.39 is 15.7 Å². The molecule has 0 aliphatic heterocycles. The first-order valence-electron chi connectivity index (χ1n) is 5.55. The number of hydrogen-bond acceptors (Lipinski definition) is 3. The van der Waals surface area contributed by atoms with Gasteiger partial charge in [-0.05, 0) is 24.5 Å². The molecule has 1 rings (SSSR count). The molecule has 0 spiro atoms. The van der Waals surface area contributed by atoms with E-state index in [-0.39, 0.29) is 22.8 Å². The number of anilines is 1. The van der Waals surface area contributed by atoms with Crippen molar-refractivity contribution < 1.29 is 12.8 Å². The molecule has 0 saturated heterocycles. The zero-order valence-electron chi connectivity index (χ0n) is 10.1. The van der Waals surface area contributed by atoms with Crippen molar-refractivity contribution in [1.29, 1.82) is 0 Å². The van der Waals surface area contributed by atoms with Gasteiger partial charge >= 0.3 is 0 Å². The maximum absolute atomic E-state index is 13.4. The normalized spacial score (nSPS) is 12.0. The zero-order chi connectivity index (χ0) is 13.1. The van der Waals surface area contributed by atoms with Gasteiger partial charge in [0.15, 0.2) is 9.84 Å². The number of rotatable bonds is 5. The van der Waals surface area contributed by atoms with E-state index in [9.17, 15) is 12.8 Å². The molecule has 1 aromatic carbocycles. The standard InChI is InChI=1S/C12H18FNO2S/c1-9(2)6-7-17(15,16)8-10-11(13)4-3-5-12(10)14/h3-5,9H,6-8,14H2,1-2H3. The molecule has 1 aromatic rings. The molecule has 0 unspecified atom stereocenters. The summed E-state index contributed by atoms with van der Waals surface area (Å²) in [5, 5.41) is 0. The summed E-state index contributed by atoms with van der Waals surface area (Å²) in [6.45, 7) is 3.90. The molecule has 0 aliphatic rings. The maximum Gasteiger partial charge on any atom is 0.154 e. The van der Waals surface area contributed by atoms with E-state index in [0.29, 0.717) is 12.3 Å². The first-order chi connectivity index (χ1) is 7.82. The number of halogens is 1. The summed E-state index contributed by atoms with van der Waals surface area (Å²) in [7, 11) is -3.29. The average molecular weight is 259 g/mol. The van der Waals surface area contributed by atoms with Crippen LogP contribution in [-0.2, 0) is 15.6 Å². The highest BCUT2D eigenvalue weighted by Crippen LogP contribution is 2.19. The van der Waals surface area contributed by atoms with Gasteiger partial charge in [-0.2, -0.15) is 0 Å². The molecule has 0 amide bonds. The van der Waals surface area contributed by atoms with Crippen molar-refractivity contribution in [1.82, 2.24) is 0 Å². The Morgan fingerprint density at radius 1 is 1.35 bits per heavy atom. The molecule has 0 bridgehead atoms. The number of nitrogen functional groups attached to an aromatic ring is 1. The molecule has 0 radical (unpaired) electrons. The molecule has 96 valence electrons. The lowest BCUT2D eigenvalue weighted by molar-refractivity contribution is 0.569. The SMILES string of the molecule is CC(C)CCS(=O)(=O)Cc1c(N)cccc1F. The van der Waals surface area contributed by atoms with Gasteiger partial charge < -0.3 is 5.73 Å². The Kier molecular flexibility index (Phi) is 4.51. The predicted octanol–water partition coefficient (Wildman–Crippen LogP) is 2.37. The number of hydrogen-bond donors (Lipinski definition) is 1. The third-order valence-electron chi connectivity index (χ3n) is 2.53. The lowest BCUT2D eigenvalue weighted by Crippen LogP contribution is -2.13. The van der Waals surface area contributed by atoms with E-state index in [1.807, 2.05) is 13.8 Å². The second-order valence-electron chi connectivity index (χ2n) is 4.58. The Hall–Kier alpha value is -1.10. The Bertz CT molecular complexity index is 463. The fourth-order valence-corrected chi connectivity index (χ4v) is 3.15. The molecule has 17 heavy (non-hydrogen) atoms. The van der Waals surface area contributed by atoms with Crippen molar-refractivity contribution in [3.63, 3.8) is 0 Å². The quantitative estimate of drug-likeness (QED) is 0.826. The molecule has 0 atom stereocenters. The second kappa shape index (κ2) is 5.49. The van der Waals surface area contributed by atoms with Crippen LogP contribution in [0.4, 0.5) is 10.1 Å². The first kappa shape index (κ1) is 14.0. The van der Waals surface area contributed by atoms with Crippen molar-refractivity contribution in [2.75, 3.05) is 11.5 Å². The fourth-order valence-electron chi connectivity index (χ4n) is 1.43. The third-order valence-corrected chi connectivity index (χ3v) is 4.11. The van der Waals surface area contributed by atoms with Crippen LogP contribution in [0.5, 0.6) is 0 Å². The van der Waals surface area contributed by atoms with E-state index in [1.54, 1.807) is 0 Å². The van der Waals surface area contributed by atoms with Gasteiger partial charge in [0.25, 0.3) is 0 Å². The van der Waals surface area contributed by atoms with Crippen molar-refractivity contribution in [3.8, 4) is 0 Å². The molecule has 5 heteroatoms. The Morgan fingerprint density at radius 2 is 2.00 bits per heavy atom. The smallest absolute Gasteiger partial charge is 0.154 e. The largest absolute Gasteiger partial charge is 0.398 e. The fraction of sp³-hybridized carbons (Fsp3) is 0.500. The molecule has 0 fully saturated rings. The van der Waals surface area contributed by atoms with Crippen molar-refractivity contribution in [2.45, 2.75) is 26.0 Å². The summed E-state index contributed by atoms with van der Waals surface area (Å²) in [4.78, 5) is 0. The zero-order valence-corrected chi connectivity index (χ0v) is 10.9. The third kappa shape index (κ3) is 4.34. The van der Waals surface area contributed by atoms with E-state index >= 15 is 0 Å². The van der Waals surface area contributed by atoms with Crippen molar-refractivity contribution in [3.05, 3.63) is 29.6 Å². The van der Waals surface area contributed by atoms with Crippen LogP contribution in [0, 0.1) is 11.7 Å². The summed E-state index contributed by atoms with van der Waals surface area (Å²) >= 11 is 0. The van der Waals surface area contributed by atoms with Crippen LogP contribution in [0.3, 0.4) is 0 Å². The van der Waals surface area contributed by atoms with Crippen LogP contribution in [0.25, 0.3) is 0 Å². The predicted molar refractivity (Wildman–Crippen MR) is 67.8 cm³/mol. The van der Waals surface area contributed by atoms with E-state index in [1.165, 1.54) is 18.2 Å². The van der Waals surface area contributed by atoms with E-state index in [4.69, 9.17) is 5.73 Å². The van der Waals surface area contributed by atoms with Gasteiger partial charge in [0.1, 0.15) is 5.82 Å². The molecule has 0 aromatic heterocycles. The van der Waals surface area contributed by atoms with Gasteiger partial charge in [0.05, 0.1) is 11.5 Å². The highest BCUT2D eigenvalue weighted by atomic mass is 32.2. The first-order valence-corrected chi connectivity index (χ1v) is 7.37. The monoisotopic (exact) mass is 259 g/mol. The van der Waals surface area contributed by atoms with Gasteiger partial charge in [0, 0.05) is 11.3 Å². The van der Waals surface area contributed by atoms with Gasteiger partial charge in [-0.15, -0.1) is 0 Å². The Balaban J connectivity index is 2.83. The minimum atomic E-state index is -3.29. The van der Waals surface area contributed by atoms with Gasteiger partial charge in [-0.3, -0.25) is 0 Å². The summed E-state index contributed by atoms with van der Waals surface area (Å²) in [6, 6.07) is 4.20. The highest BCUT2D eigenvalue weighted by molar-refractivity contribution is 7.90. The highest BCUT2D eigenvalue weighted by Gasteiger charge is 2.17. The van der Waals surface area contributed by atoms with Crippen LogP contribution in [0.1, 0.15) is 25.8 Å². The molecule has 0 heterocycles.